The molecule has 0 radical (unpaired) electrons. The number of aliphatic hydroxyl groups excluding tert-OH is 1. The number of halogens is 1. The lowest BCUT2D eigenvalue weighted by Crippen LogP contribution is -2.46. The minimum absolute atomic E-state index is 0.156. The number of likely N-dealkylation sites (N-methyl/N-ethyl adjacent to an activating group) is 1. The van der Waals surface area contributed by atoms with E-state index in [9.17, 15) is 5.11 Å². The summed E-state index contributed by atoms with van der Waals surface area (Å²) in [5, 5.41) is 17.4. The maximum absolute atomic E-state index is 9.37. The van der Waals surface area contributed by atoms with Crippen LogP contribution >= 0.6 is 11.6 Å². The van der Waals surface area contributed by atoms with Crippen LogP contribution in [0.1, 0.15) is 26.2 Å². The Morgan fingerprint density at radius 1 is 1.62 bits per heavy atom. The number of aromatic nitrogens is 2. The van der Waals surface area contributed by atoms with Gasteiger partial charge in [0.2, 0.25) is 0 Å². The standard InChI is InChI=1S/C11H20ClN3O/c1-3-11(9-16,13-2)5-4-6-15-8-10(12)7-14-15/h7-8,13,16H,3-6,9H2,1-2H3. The van der Waals surface area contributed by atoms with Gasteiger partial charge >= 0.3 is 0 Å². The van der Waals surface area contributed by atoms with Gasteiger partial charge in [0.15, 0.2) is 0 Å². The van der Waals surface area contributed by atoms with Gasteiger partial charge in [0, 0.05) is 18.3 Å². The van der Waals surface area contributed by atoms with Gasteiger partial charge < -0.3 is 10.4 Å². The van der Waals surface area contributed by atoms with Crippen LogP contribution < -0.4 is 5.32 Å². The van der Waals surface area contributed by atoms with Crippen LogP contribution in [0.2, 0.25) is 5.02 Å². The van der Waals surface area contributed by atoms with E-state index in [0.717, 1.165) is 25.8 Å². The molecule has 0 saturated carbocycles. The van der Waals surface area contributed by atoms with Crippen molar-refractivity contribution in [3.8, 4) is 0 Å². The molecule has 0 amide bonds. The summed E-state index contributed by atoms with van der Waals surface area (Å²) in [7, 11) is 1.89. The Kier molecular flexibility index (Phi) is 5.25. The van der Waals surface area contributed by atoms with Crippen molar-refractivity contribution in [1.82, 2.24) is 15.1 Å². The van der Waals surface area contributed by atoms with E-state index in [4.69, 9.17) is 11.6 Å². The second-order valence-corrected chi connectivity index (χ2v) is 4.50. The van der Waals surface area contributed by atoms with Crippen molar-refractivity contribution in [3.63, 3.8) is 0 Å². The Bertz CT molecular complexity index is 302. The molecule has 92 valence electrons. The van der Waals surface area contributed by atoms with Gasteiger partial charge in [-0.1, -0.05) is 18.5 Å². The highest BCUT2D eigenvalue weighted by Crippen LogP contribution is 2.17. The number of nitrogens with one attached hydrogen (secondary N) is 1. The molecule has 0 saturated heterocycles. The summed E-state index contributed by atoms with van der Waals surface area (Å²) in [6.45, 7) is 3.08. The fourth-order valence-corrected chi connectivity index (χ4v) is 1.94. The molecular formula is C11H20ClN3O. The van der Waals surface area contributed by atoms with E-state index in [0.29, 0.717) is 5.02 Å². The first-order valence-electron chi connectivity index (χ1n) is 5.63. The Labute approximate surface area is 102 Å². The second-order valence-electron chi connectivity index (χ2n) is 4.07. The third-order valence-corrected chi connectivity index (χ3v) is 3.35. The molecule has 0 aliphatic heterocycles. The van der Waals surface area contributed by atoms with E-state index >= 15 is 0 Å². The third kappa shape index (κ3) is 3.47. The summed E-state index contributed by atoms with van der Waals surface area (Å²) in [5.41, 5.74) is -0.156. The molecule has 1 atom stereocenters. The molecule has 4 nitrogen and oxygen atoms in total. The SMILES string of the molecule is CCC(CO)(CCCn1cc(Cl)cn1)NC. The Morgan fingerprint density at radius 3 is 2.81 bits per heavy atom. The van der Waals surface area contributed by atoms with E-state index < -0.39 is 0 Å². The Hall–Kier alpha value is -0.580. The summed E-state index contributed by atoms with van der Waals surface area (Å²) >= 11 is 5.78. The molecule has 0 fully saturated rings. The van der Waals surface area contributed by atoms with Crippen LogP contribution in [0.5, 0.6) is 0 Å². The molecule has 2 N–H and O–H groups in total. The highest BCUT2D eigenvalue weighted by Gasteiger charge is 2.24. The summed E-state index contributed by atoms with van der Waals surface area (Å²) in [5.74, 6) is 0. The van der Waals surface area contributed by atoms with Crippen LogP contribution in [0.4, 0.5) is 0 Å². The molecule has 0 aliphatic carbocycles. The van der Waals surface area contributed by atoms with Crippen molar-refractivity contribution in [2.45, 2.75) is 38.3 Å². The number of hydrogen-bond acceptors (Lipinski definition) is 3. The summed E-state index contributed by atoms with van der Waals surface area (Å²) in [6, 6.07) is 0. The lowest BCUT2D eigenvalue weighted by Gasteiger charge is -2.30. The highest BCUT2D eigenvalue weighted by molar-refractivity contribution is 6.30. The normalized spacial score (nSPS) is 15.0. The molecule has 0 aliphatic rings. The molecule has 5 heteroatoms. The van der Waals surface area contributed by atoms with E-state index in [2.05, 4.69) is 17.3 Å². The maximum Gasteiger partial charge on any atom is 0.0785 e. The van der Waals surface area contributed by atoms with Crippen molar-refractivity contribution in [3.05, 3.63) is 17.4 Å². The molecular weight excluding hydrogens is 226 g/mol. The van der Waals surface area contributed by atoms with E-state index in [1.807, 2.05) is 17.9 Å². The third-order valence-electron chi connectivity index (χ3n) is 3.15. The van der Waals surface area contributed by atoms with E-state index in [-0.39, 0.29) is 12.1 Å². The lowest BCUT2D eigenvalue weighted by molar-refractivity contribution is 0.150. The Balaban J connectivity index is 2.39. The van der Waals surface area contributed by atoms with Crippen LogP contribution in [0.3, 0.4) is 0 Å². The number of rotatable bonds is 7. The van der Waals surface area contributed by atoms with Crippen LogP contribution in [0, 0.1) is 0 Å². The van der Waals surface area contributed by atoms with E-state index in [1.54, 1.807) is 6.20 Å². The lowest BCUT2D eigenvalue weighted by atomic mass is 9.91. The number of nitrogens with zero attached hydrogens (tertiary/aromatic N) is 2. The number of hydrogen-bond donors (Lipinski definition) is 2. The van der Waals surface area contributed by atoms with Crippen molar-refractivity contribution in [2.75, 3.05) is 13.7 Å². The topological polar surface area (TPSA) is 50.1 Å². The first-order valence-corrected chi connectivity index (χ1v) is 6.01. The van der Waals surface area contributed by atoms with Gasteiger partial charge in [0.25, 0.3) is 0 Å². The molecule has 1 rings (SSSR count). The molecule has 16 heavy (non-hydrogen) atoms. The molecule has 1 aromatic rings. The second kappa shape index (κ2) is 6.23. The molecule has 1 unspecified atom stereocenters. The number of aliphatic hydroxyl groups is 1. The summed E-state index contributed by atoms with van der Waals surface area (Å²) in [4.78, 5) is 0. The Morgan fingerprint density at radius 2 is 2.38 bits per heavy atom. The van der Waals surface area contributed by atoms with Gasteiger partial charge in [-0.25, -0.2) is 0 Å². The summed E-state index contributed by atoms with van der Waals surface area (Å²) < 4.78 is 1.83. The minimum Gasteiger partial charge on any atom is -0.394 e. The van der Waals surface area contributed by atoms with E-state index in [1.165, 1.54) is 0 Å². The average molecular weight is 246 g/mol. The highest BCUT2D eigenvalue weighted by atomic mass is 35.5. The minimum atomic E-state index is -0.156. The molecule has 0 aromatic carbocycles. The summed E-state index contributed by atoms with van der Waals surface area (Å²) in [6.07, 6.45) is 6.26. The molecule has 0 bridgehead atoms. The average Bonchev–Trinajstić information content (AvgIpc) is 2.71. The van der Waals surface area contributed by atoms with Crippen LogP contribution in [-0.4, -0.2) is 34.1 Å². The largest absolute Gasteiger partial charge is 0.394 e. The van der Waals surface area contributed by atoms with Crippen LogP contribution in [0.15, 0.2) is 12.4 Å². The molecule has 1 heterocycles. The fraction of sp³-hybridized carbons (Fsp3) is 0.727. The quantitative estimate of drug-likeness (QED) is 0.769. The zero-order chi connectivity index (χ0) is 12.0. The van der Waals surface area contributed by atoms with Crippen molar-refractivity contribution in [1.29, 1.82) is 0 Å². The van der Waals surface area contributed by atoms with Gasteiger partial charge in [-0.05, 0) is 26.3 Å². The van der Waals surface area contributed by atoms with Crippen molar-refractivity contribution in [2.24, 2.45) is 0 Å². The number of aryl methyl sites for hydroxylation is 1. The first-order chi connectivity index (χ1) is 7.65. The predicted octanol–water partition coefficient (Wildman–Crippen LogP) is 1.68. The van der Waals surface area contributed by atoms with Gasteiger partial charge in [-0.3, -0.25) is 4.68 Å². The monoisotopic (exact) mass is 245 g/mol. The predicted molar refractivity (Wildman–Crippen MR) is 65.6 cm³/mol. The van der Waals surface area contributed by atoms with Gasteiger partial charge in [-0.15, -0.1) is 0 Å². The molecule has 1 aromatic heterocycles. The fourth-order valence-electron chi connectivity index (χ4n) is 1.79. The molecule has 0 spiro atoms. The van der Waals surface area contributed by atoms with Crippen molar-refractivity contribution >= 4 is 11.6 Å². The van der Waals surface area contributed by atoms with Crippen molar-refractivity contribution < 1.29 is 5.11 Å². The van der Waals surface area contributed by atoms with Gasteiger partial charge in [0.05, 0.1) is 17.8 Å². The van der Waals surface area contributed by atoms with Crippen LogP contribution in [-0.2, 0) is 6.54 Å². The van der Waals surface area contributed by atoms with Gasteiger partial charge in [-0.2, -0.15) is 5.10 Å². The zero-order valence-electron chi connectivity index (χ0n) is 9.91. The maximum atomic E-state index is 9.37. The van der Waals surface area contributed by atoms with Crippen LogP contribution in [0.25, 0.3) is 0 Å². The first kappa shape index (κ1) is 13.5. The smallest absolute Gasteiger partial charge is 0.0785 e. The zero-order valence-corrected chi connectivity index (χ0v) is 10.7. The van der Waals surface area contributed by atoms with Gasteiger partial charge in [0.1, 0.15) is 0 Å².